The van der Waals surface area contributed by atoms with Crippen LogP contribution in [0.1, 0.15) is 78.4 Å². The van der Waals surface area contributed by atoms with Crippen LogP contribution in [0.2, 0.25) is 0 Å². The molecular weight excluding hydrogens is 569 g/mol. The van der Waals surface area contributed by atoms with Crippen LogP contribution >= 0.6 is 10.8 Å². The fourth-order valence-corrected chi connectivity index (χ4v) is 7.81. The maximum absolute atomic E-state index is 16.2. The van der Waals surface area contributed by atoms with E-state index in [1.54, 1.807) is 18.3 Å². The molecular formula is C32H44FN5O4S. The third kappa shape index (κ3) is 7.77. The van der Waals surface area contributed by atoms with Crippen molar-refractivity contribution in [2.75, 3.05) is 23.1 Å². The van der Waals surface area contributed by atoms with E-state index in [-0.39, 0.29) is 29.5 Å². The fourth-order valence-electron chi connectivity index (χ4n) is 6.13. The number of rotatable bonds is 12. The molecule has 0 unspecified atom stereocenters. The molecule has 9 nitrogen and oxygen atoms in total. The van der Waals surface area contributed by atoms with Gasteiger partial charge in [-0.15, -0.1) is 10.8 Å². The molecule has 1 saturated carbocycles. The number of aliphatic hydroxyl groups is 1. The number of nitrogens with zero attached hydrogens (tertiary/aromatic N) is 3. The third-order valence-corrected chi connectivity index (χ3v) is 10.5. The second-order valence-corrected chi connectivity index (χ2v) is 13.8. The molecule has 1 aromatic heterocycles. The number of aryl methyl sites for hydroxylation is 1. The number of aliphatic hydroxyl groups excluding tert-OH is 1. The SMILES string of the molecule is CCn1cc(CNC[C@@H](O)[C@H](Cc2ccccc2)NC(=O)c2cc(C3CCCC3)cc(N3CCCCS3(O)O)c2F)cn1. The first kappa shape index (κ1) is 31.5. The molecule has 2 aliphatic rings. The summed E-state index contributed by atoms with van der Waals surface area (Å²) < 4.78 is 41.0. The predicted octanol–water partition coefficient (Wildman–Crippen LogP) is 5.46. The zero-order chi connectivity index (χ0) is 30.4. The van der Waals surface area contributed by atoms with Gasteiger partial charge in [-0.2, -0.15) is 5.10 Å². The molecule has 0 radical (unpaired) electrons. The molecule has 1 saturated heterocycles. The van der Waals surface area contributed by atoms with Crippen LogP contribution in [0.5, 0.6) is 0 Å². The summed E-state index contributed by atoms with van der Waals surface area (Å²) in [5.41, 5.74) is 2.70. The van der Waals surface area contributed by atoms with Crippen LogP contribution in [-0.2, 0) is 19.5 Å². The Morgan fingerprint density at radius 3 is 2.58 bits per heavy atom. The van der Waals surface area contributed by atoms with Crippen molar-refractivity contribution in [2.45, 2.75) is 83.0 Å². The summed E-state index contributed by atoms with van der Waals surface area (Å²) in [5, 5.41) is 21.7. The van der Waals surface area contributed by atoms with Gasteiger partial charge in [0.15, 0.2) is 5.82 Å². The van der Waals surface area contributed by atoms with Crippen molar-refractivity contribution in [3.63, 3.8) is 0 Å². The van der Waals surface area contributed by atoms with Gasteiger partial charge in [-0.3, -0.25) is 22.9 Å². The molecule has 2 aromatic carbocycles. The molecule has 0 bridgehead atoms. The number of halogens is 1. The van der Waals surface area contributed by atoms with Crippen LogP contribution in [0.4, 0.5) is 10.1 Å². The van der Waals surface area contributed by atoms with Crippen molar-refractivity contribution >= 4 is 22.4 Å². The van der Waals surface area contributed by atoms with Gasteiger partial charge in [0.05, 0.1) is 35.3 Å². The monoisotopic (exact) mass is 613 g/mol. The van der Waals surface area contributed by atoms with Crippen molar-refractivity contribution in [3.05, 3.63) is 82.9 Å². The average molecular weight is 614 g/mol. The van der Waals surface area contributed by atoms with Crippen LogP contribution < -0.4 is 14.9 Å². The highest BCUT2D eigenvalue weighted by molar-refractivity contribution is 8.25. The molecule has 2 fully saturated rings. The molecule has 2 heterocycles. The minimum absolute atomic E-state index is 0.0729. The zero-order valence-electron chi connectivity index (χ0n) is 24.8. The lowest BCUT2D eigenvalue weighted by Gasteiger charge is -2.47. The van der Waals surface area contributed by atoms with E-state index in [1.807, 2.05) is 48.1 Å². The Bertz CT molecular complexity index is 1370. The summed E-state index contributed by atoms with van der Waals surface area (Å²) in [4.78, 5) is 13.8. The van der Waals surface area contributed by atoms with Crippen molar-refractivity contribution in [2.24, 2.45) is 0 Å². The minimum atomic E-state index is -3.19. The molecule has 1 aliphatic carbocycles. The van der Waals surface area contributed by atoms with Crippen LogP contribution in [-0.4, -0.2) is 60.9 Å². The number of hydrogen-bond acceptors (Lipinski definition) is 7. The number of nitrogens with one attached hydrogen (secondary N) is 2. The van der Waals surface area contributed by atoms with Gasteiger partial charge in [-0.05, 0) is 68.2 Å². The summed E-state index contributed by atoms with van der Waals surface area (Å²) in [6.45, 7) is 3.81. The van der Waals surface area contributed by atoms with Crippen LogP contribution in [0.3, 0.4) is 0 Å². The topological polar surface area (TPSA) is 123 Å². The lowest BCUT2D eigenvalue weighted by atomic mass is 9.94. The van der Waals surface area contributed by atoms with Crippen LogP contribution in [0, 0.1) is 5.82 Å². The number of benzene rings is 2. The van der Waals surface area contributed by atoms with Crippen LogP contribution in [0.15, 0.2) is 54.9 Å². The normalized spacial score (nSPS) is 19.2. The maximum atomic E-state index is 16.2. The Morgan fingerprint density at radius 1 is 1.12 bits per heavy atom. The predicted molar refractivity (Wildman–Crippen MR) is 169 cm³/mol. The average Bonchev–Trinajstić information content (AvgIpc) is 3.70. The van der Waals surface area contributed by atoms with E-state index in [0.29, 0.717) is 32.4 Å². The van der Waals surface area contributed by atoms with Gasteiger partial charge in [-0.25, -0.2) is 4.39 Å². The highest BCUT2D eigenvalue weighted by atomic mass is 32.3. The number of hydrogen-bond donors (Lipinski definition) is 5. The van der Waals surface area contributed by atoms with Gasteiger partial charge < -0.3 is 15.7 Å². The van der Waals surface area contributed by atoms with Crippen molar-refractivity contribution in [1.82, 2.24) is 20.4 Å². The van der Waals surface area contributed by atoms with Gasteiger partial charge in [-0.1, -0.05) is 43.2 Å². The summed E-state index contributed by atoms with van der Waals surface area (Å²) in [6.07, 6.45) is 8.50. The number of aromatic nitrogens is 2. The van der Waals surface area contributed by atoms with Crippen molar-refractivity contribution < 1.29 is 23.4 Å². The molecule has 0 spiro atoms. The molecule has 5 rings (SSSR count). The molecule has 11 heteroatoms. The van der Waals surface area contributed by atoms with Crippen LogP contribution in [0.25, 0.3) is 0 Å². The Kier molecular flexibility index (Phi) is 10.4. The second kappa shape index (κ2) is 14.2. The maximum Gasteiger partial charge on any atom is 0.254 e. The summed E-state index contributed by atoms with van der Waals surface area (Å²) in [6, 6.07) is 12.2. The van der Waals surface area contributed by atoms with E-state index in [4.69, 9.17) is 0 Å². The van der Waals surface area contributed by atoms with Gasteiger partial charge in [0.25, 0.3) is 5.91 Å². The number of carbonyl (C=O) groups is 1. The molecule has 234 valence electrons. The number of amides is 1. The van der Waals surface area contributed by atoms with E-state index in [9.17, 15) is 19.0 Å². The summed E-state index contributed by atoms with van der Waals surface area (Å²) in [7, 11) is -3.19. The first-order valence-electron chi connectivity index (χ1n) is 15.4. The van der Waals surface area contributed by atoms with Gasteiger partial charge in [0.1, 0.15) is 0 Å². The van der Waals surface area contributed by atoms with E-state index < -0.39 is 34.6 Å². The smallest absolute Gasteiger partial charge is 0.254 e. The van der Waals surface area contributed by atoms with Gasteiger partial charge in [0.2, 0.25) is 0 Å². The van der Waals surface area contributed by atoms with E-state index >= 15 is 4.39 Å². The number of anilines is 1. The minimum Gasteiger partial charge on any atom is -0.390 e. The summed E-state index contributed by atoms with van der Waals surface area (Å²) >= 11 is 0. The quantitative estimate of drug-likeness (QED) is 0.184. The molecule has 3 aromatic rings. The summed E-state index contributed by atoms with van der Waals surface area (Å²) in [5.74, 6) is -1.03. The highest BCUT2D eigenvalue weighted by Gasteiger charge is 2.33. The second-order valence-electron chi connectivity index (χ2n) is 11.7. The van der Waals surface area contributed by atoms with E-state index in [1.165, 1.54) is 4.31 Å². The number of carbonyl (C=O) groups excluding carboxylic acids is 1. The molecule has 5 N–H and O–H groups in total. The zero-order valence-corrected chi connectivity index (χ0v) is 25.6. The van der Waals surface area contributed by atoms with Crippen molar-refractivity contribution in [1.29, 1.82) is 0 Å². The molecule has 1 aliphatic heterocycles. The first-order chi connectivity index (χ1) is 20.7. The lowest BCUT2D eigenvalue weighted by molar-refractivity contribution is 0.0826. The fraction of sp³-hybridized carbons (Fsp3) is 0.500. The molecule has 43 heavy (non-hydrogen) atoms. The lowest BCUT2D eigenvalue weighted by Crippen LogP contribution is -2.49. The van der Waals surface area contributed by atoms with E-state index in [2.05, 4.69) is 15.7 Å². The Labute approximate surface area is 255 Å². The highest BCUT2D eigenvalue weighted by Crippen LogP contribution is 2.51. The Hall–Kier alpha value is -2.96. The first-order valence-corrected chi connectivity index (χ1v) is 17.0. The van der Waals surface area contributed by atoms with E-state index in [0.717, 1.165) is 48.9 Å². The Balaban J connectivity index is 1.39. The largest absolute Gasteiger partial charge is 0.390 e. The molecule has 2 atom stereocenters. The Morgan fingerprint density at radius 2 is 1.88 bits per heavy atom. The molecule has 1 amide bonds. The van der Waals surface area contributed by atoms with Gasteiger partial charge in [0, 0.05) is 37.9 Å². The van der Waals surface area contributed by atoms with Crippen molar-refractivity contribution in [3.8, 4) is 0 Å². The standard InChI is InChI=1S/C32H44FN5O4S/c1-2-37-22-24(20-35-37)19-34-21-30(39)28(16-23-10-4-3-5-11-23)36-32(40)27-17-26(25-12-6-7-13-25)18-29(31(27)33)38-14-8-9-15-43(38,41)42/h3-5,10-11,17-18,20,22,25,28,30,34,39,41-42H,2,6-9,12-16,19,21H2,1H3,(H,36,40)/t28-,30+/m0/s1. The van der Waals surface area contributed by atoms with Gasteiger partial charge >= 0.3 is 0 Å². The third-order valence-electron chi connectivity index (χ3n) is 8.57.